The predicted molar refractivity (Wildman–Crippen MR) is 80.0 cm³/mol. The van der Waals surface area contributed by atoms with Crippen LogP contribution in [0.15, 0.2) is 36.4 Å². The molecule has 0 atom stereocenters. The van der Waals surface area contributed by atoms with Crippen LogP contribution in [-0.2, 0) is 0 Å². The van der Waals surface area contributed by atoms with Gasteiger partial charge in [0.2, 0.25) is 0 Å². The van der Waals surface area contributed by atoms with Crippen molar-refractivity contribution in [2.75, 3.05) is 0 Å². The molecular formula is C14H6Cl3FN2. The third kappa shape index (κ3) is 2.33. The number of halogens is 4. The molecule has 0 radical (unpaired) electrons. The number of hydrogen-bond acceptors (Lipinski definition) is 2. The Balaban J connectivity index is 2.29. The minimum atomic E-state index is -0.532. The fourth-order valence-corrected chi connectivity index (χ4v) is 2.48. The third-order valence-corrected chi connectivity index (χ3v) is 3.71. The van der Waals surface area contributed by atoms with E-state index in [4.69, 9.17) is 34.8 Å². The van der Waals surface area contributed by atoms with E-state index < -0.39 is 5.82 Å². The molecule has 0 aliphatic rings. The smallest absolute Gasteiger partial charge is 0.163 e. The molecule has 0 bridgehead atoms. The van der Waals surface area contributed by atoms with Crippen molar-refractivity contribution in [1.82, 2.24) is 9.97 Å². The number of aromatic nitrogens is 2. The van der Waals surface area contributed by atoms with Crippen molar-refractivity contribution in [2.45, 2.75) is 0 Å². The van der Waals surface area contributed by atoms with Crippen molar-refractivity contribution >= 4 is 45.7 Å². The number of rotatable bonds is 1. The average Bonchev–Trinajstić information content (AvgIpc) is 2.41. The maximum Gasteiger partial charge on any atom is 0.163 e. The summed E-state index contributed by atoms with van der Waals surface area (Å²) in [5.74, 6) is -0.274. The molecule has 3 aromatic rings. The Morgan fingerprint density at radius 2 is 1.75 bits per heavy atom. The fourth-order valence-electron chi connectivity index (χ4n) is 1.86. The summed E-state index contributed by atoms with van der Waals surface area (Å²) in [6.45, 7) is 0. The van der Waals surface area contributed by atoms with Gasteiger partial charge in [0.25, 0.3) is 0 Å². The molecule has 0 saturated carbocycles. The quantitative estimate of drug-likeness (QED) is 0.560. The Labute approximate surface area is 129 Å². The second kappa shape index (κ2) is 5.17. The van der Waals surface area contributed by atoms with E-state index in [2.05, 4.69) is 9.97 Å². The van der Waals surface area contributed by atoms with Gasteiger partial charge < -0.3 is 0 Å². The summed E-state index contributed by atoms with van der Waals surface area (Å²) in [7, 11) is 0. The van der Waals surface area contributed by atoms with E-state index in [1.165, 1.54) is 12.1 Å². The van der Waals surface area contributed by atoms with Gasteiger partial charge in [-0.2, -0.15) is 0 Å². The first kappa shape index (κ1) is 13.6. The van der Waals surface area contributed by atoms with Gasteiger partial charge in [-0.15, -0.1) is 0 Å². The van der Waals surface area contributed by atoms with Crippen LogP contribution in [0.3, 0.4) is 0 Å². The molecule has 2 nitrogen and oxygen atoms in total. The second-order valence-corrected chi connectivity index (χ2v) is 5.27. The highest BCUT2D eigenvalue weighted by atomic mass is 35.5. The van der Waals surface area contributed by atoms with Crippen LogP contribution in [0.1, 0.15) is 0 Å². The molecular weight excluding hydrogens is 322 g/mol. The maximum atomic E-state index is 13.5. The van der Waals surface area contributed by atoms with E-state index in [0.717, 1.165) is 0 Å². The molecule has 0 spiro atoms. The summed E-state index contributed by atoms with van der Waals surface area (Å²) in [5, 5.41) is 1.43. The normalized spacial score (nSPS) is 11.0. The number of hydrogen-bond donors (Lipinski definition) is 0. The molecule has 0 aliphatic carbocycles. The molecule has 20 heavy (non-hydrogen) atoms. The second-order valence-electron chi connectivity index (χ2n) is 4.10. The van der Waals surface area contributed by atoms with Crippen molar-refractivity contribution in [3.8, 4) is 11.4 Å². The molecule has 6 heteroatoms. The molecule has 0 unspecified atom stereocenters. The van der Waals surface area contributed by atoms with Crippen LogP contribution in [0, 0.1) is 5.82 Å². The first-order chi connectivity index (χ1) is 9.56. The van der Waals surface area contributed by atoms with Crippen molar-refractivity contribution in [1.29, 1.82) is 0 Å². The Morgan fingerprint density at radius 3 is 2.55 bits per heavy atom. The van der Waals surface area contributed by atoms with E-state index in [9.17, 15) is 4.39 Å². The summed E-state index contributed by atoms with van der Waals surface area (Å²) in [5.41, 5.74) is 0.961. The molecule has 1 heterocycles. The Hall–Kier alpha value is -1.42. The number of fused-ring (bicyclic) bond motifs is 1. The molecule has 100 valence electrons. The van der Waals surface area contributed by atoms with E-state index in [1.54, 1.807) is 24.3 Å². The van der Waals surface area contributed by atoms with Crippen LogP contribution in [0.4, 0.5) is 4.39 Å². The van der Waals surface area contributed by atoms with Crippen LogP contribution >= 0.6 is 34.8 Å². The summed E-state index contributed by atoms with van der Waals surface area (Å²) >= 11 is 18.0. The van der Waals surface area contributed by atoms with Gasteiger partial charge in [0.15, 0.2) is 5.82 Å². The van der Waals surface area contributed by atoms with Crippen LogP contribution in [0.5, 0.6) is 0 Å². The monoisotopic (exact) mass is 326 g/mol. The van der Waals surface area contributed by atoms with Gasteiger partial charge in [0, 0.05) is 16.0 Å². The number of nitrogens with zero attached hydrogens (tertiary/aromatic N) is 2. The van der Waals surface area contributed by atoms with Crippen LogP contribution in [0.2, 0.25) is 15.2 Å². The number of benzene rings is 2. The van der Waals surface area contributed by atoms with Crippen LogP contribution in [0.25, 0.3) is 22.3 Å². The zero-order valence-electron chi connectivity index (χ0n) is 9.87. The minimum absolute atomic E-state index is 0.0371. The van der Waals surface area contributed by atoms with Gasteiger partial charge in [-0.05, 0) is 30.3 Å². The molecule has 3 rings (SSSR count). The molecule has 0 aliphatic heterocycles. The first-order valence-corrected chi connectivity index (χ1v) is 6.77. The van der Waals surface area contributed by atoms with E-state index in [0.29, 0.717) is 21.5 Å². The molecule has 0 amide bonds. The van der Waals surface area contributed by atoms with Crippen molar-refractivity contribution in [2.24, 2.45) is 0 Å². The van der Waals surface area contributed by atoms with Gasteiger partial charge in [0.1, 0.15) is 11.0 Å². The van der Waals surface area contributed by atoms with Gasteiger partial charge >= 0.3 is 0 Å². The molecule has 1 aromatic heterocycles. The summed E-state index contributed by atoms with van der Waals surface area (Å²) < 4.78 is 13.5. The Kier molecular flexibility index (Phi) is 3.50. The van der Waals surface area contributed by atoms with E-state index in [1.807, 2.05) is 0 Å². The minimum Gasteiger partial charge on any atom is -0.228 e. The van der Waals surface area contributed by atoms with Crippen LogP contribution < -0.4 is 0 Å². The highest BCUT2D eigenvalue weighted by Crippen LogP contribution is 2.31. The third-order valence-electron chi connectivity index (χ3n) is 2.80. The molecule has 0 N–H and O–H groups in total. The van der Waals surface area contributed by atoms with E-state index >= 15 is 0 Å². The highest BCUT2D eigenvalue weighted by Gasteiger charge is 2.13. The van der Waals surface area contributed by atoms with Gasteiger partial charge in [-0.25, -0.2) is 14.4 Å². The summed E-state index contributed by atoms with van der Waals surface area (Å²) in [6, 6.07) is 9.54. The Bertz CT molecular complexity index is 821. The lowest BCUT2D eigenvalue weighted by molar-refractivity contribution is 0.628. The first-order valence-electron chi connectivity index (χ1n) is 5.63. The lowest BCUT2D eigenvalue weighted by Crippen LogP contribution is -1.93. The van der Waals surface area contributed by atoms with Gasteiger partial charge in [0.05, 0.1) is 10.5 Å². The van der Waals surface area contributed by atoms with Crippen molar-refractivity contribution < 1.29 is 4.39 Å². The molecule has 0 saturated heterocycles. The lowest BCUT2D eigenvalue weighted by atomic mass is 10.2. The molecule has 0 fully saturated rings. The van der Waals surface area contributed by atoms with Gasteiger partial charge in [-0.3, -0.25) is 0 Å². The standard InChI is InChI=1S/C14H6Cl3FN2/c15-7-4-5-8-11(6-7)19-14(20-13(8)17)9-2-1-3-10(18)12(9)16/h1-6H. The largest absolute Gasteiger partial charge is 0.228 e. The topological polar surface area (TPSA) is 25.8 Å². The Morgan fingerprint density at radius 1 is 0.950 bits per heavy atom. The van der Waals surface area contributed by atoms with Gasteiger partial charge in [-0.1, -0.05) is 40.9 Å². The lowest BCUT2D eigenvalue weighted by Gasteiger charge is -2.07. The zero-order valence-corrected chi connectivity index (χ0v) is 12.1. The average molecular weight is 328 g/mol. The van der Waals surface area contributed by atoms with Crippen molar-refractivity contribution in [3.05, 3.63) is 57.4 Å². The predicted octanol–water partition coefficient (Wildman–Crippen LogP) is 5.40. The summed E-state index contributed by atoms with van der Waals surface area (Å²) in [4.78, 5) is 8.50. The van der Waals surface area contributed by atoms with Crippen molar-refractivity contribution in [3.63, 3.8) is 0 Å². The summed E-state index contributed by atoms with van der Waals surface area (Å²) in [6.07, 6.45) is 0. The SMILES string of the molecule is Fc1cccc(-c2nc(Cl)c3ccc(Cl)cc3n2)c1Cl. The maximum absolute atomic E-state index is 13.5. The highest BCUT2D eigenvalue weighted by molar-refractivity contribution is 6.35. The fraction of sp³-hybridized carbons (Fsp3) is 0. The van der Waals surface area contributed by atoms with Crippen LogP contribution in [-0.4, -0.2) is 9.97 Å². The van der Waals surface area contributed by atoms with E-state index in [-0.39, 0.29) is 16.0 Å². The molecule has 2 aromatic carbocycles. The zero-order chi connectivity index (χ0) is 14.3.